The molecule has 2 rings (SSSR count). The molecular weight excluding hydrogens is 214 g/mol. The van der Waals surface area contributed by atoms with E-state index in [9.17, 15) is 9.90 Å². The van der Waals surface area contributed by atoms with Crippen molar-refractivity contribution in [1.29, 1.82) is 0 Å². The fourth-order valence-electron chi connectivity index (χ4n) is 1.45. The second-order valence-electron chi connectivity index (χ2n) is 3.45. The Labute approximate surface area is 89.9 Å². The van der Waals surface area contributed by atoms with Crippen LogP contribution in [0.3, 0.4) is 0 Å². The maximum Gasteiger partial charge on any atom is 0.396 e. The van der Waals surface area contributed by atoms with Gasteiger partial charge in [-0.05, 0) is 18.5 Å². The Bertz CT molecular complexity index is 543. The van der Waals surface area contributed by atoms with E-state index in [-0.39, 0.29) is 16.6 Å². The van der Waals surface area contributed by atoms with Gasteiger partial charge in [-0.15, -0.1) is 0 Å². The molecule has 2 aromatic rings. The van der Waals surface area contributed by atoms with Gasteiger partial charge in [0.05, 0.1) is 4.70 Å². The smallest absolute Gasteiger partial charge is 0.396 e. The molecule has 0 fully saturated rings. The number of phenols is 1. The molecule has 0 aliphatic heterocycles. The van der Waals surface area contributed by atoms with Gasteiger partial charge in [-0.2, -0.15) is 0 Å². The summed E-state index contributed by atoms with van der Waals surface area (Å²) in [4.78, 5) is 10.6. The van der Waals surface area contributed by atoms with Gasteiger partial charge in [-0.1, -0.05) is 18.3 Å². The van der Waals surface area contributed by atoms with E-state index >= 15 is 0 Å². The Balaban J connectivity index is 2.66. The summed E-state index contributed by atoms with van der Waals surface area (Å²) in [6.07, 6.45) is 0. The van der Waals surface area contributed by atoms with Gasteiger partial charge in [-0.25, -0.2) is 4.79 Å². The maximum atomic E-state index is 11.0. The van der Waals surface area contributed by atoms with Crippen molar-refractivity contribution in [1.82, 2.24) is 0 Å². The van der Waals surface area contributed by atoms with Crippen LogP contribution in [0, 0.1) is 0 Å². The zero-order valence-electron chi connectivity index (χ0n) is 8.19. The van der Waals surface area contributed by atoms with Crippen molar-refractivity contribution < 1.29 is 9.52 Å². The number of hydrogen-bond donors (Lipinski definition) is 2. The van der Waals surface area contributed by atoms with Gasteiger partial charge in [0.2, 0.25) is 0 Å². The lowest BCUT2D eigenvalue weighted by Gasteiger charge is -2.10. The van der Waals surface area contributed by atoms with Crippen molar-refractivity contribution in [2.24, 2.45) is 5.73 Å². The minimum absolute atomic E-state index is 0.0413. The monoisotopic (exact) mass is 225 g/mol. The number of hydrogen-bond acceptors (Lipinski definition) is 5. The highest BCUT2D eigenvalue weighted by Gasteiger charge is 2.12. The lowest BCUT2D eigenvalue weighted by Crippen LogP contribution is -2.08. The number of rotatable bonds is 2. The standard InChI is InChI=1S/C10H11NO3S/c1-5(4-11)6-2-8-9(3-7(6)12)15-10(13)14-8/h2-3,5,12H,4,11H2,1H3. The fourth-order valence-corrected chi connectivity index (χ4v) is 2.13. The Morgan fingerprint density at radius 2 is 2.33 bits per heavy atom. The molecule has 0 saturated heterocycles. The van der Waals surface area contributed by atoms with Crippen LogP contribution in [0.2, 0.25) is 0 Å². The summed E-state index contributed by atoms with van der Waals surface area (Å²) >= 11 is 0.981. The molecule has 5 heteroatoms. The first-order chi connectivity index (χ1) is 7.11. The Morgan fingerprint density at radius 3 is 3.00 bits per heavy atom. The molecule has 0 amide bonds. The summed E-state index contributed by atoms with van der Waals surface area (Å²) in [7, 11) is 0. The largest absolute Gasteiger partial charge is 0.508 e. The normalized spacial score (nSPS) is 13.2. The van der Waals surface area contributed by atoms with Crippen molar-refractivity contribution in [3.8, 4) is 5.75 Å². The molecule has 1 atom stereocenters. The van der Waals surface area contributed by atoms with Crippen molar-refractivity contribution >= 4 is 21.6 Å². The van der Waals surface area contributed by atoms with Crippen LogP contribution in [-0.2, 0) is 0 Å². The van der Waals surface area contributed by atoms with E-state index < -0.39 is 0 Å². The average Bonchev–Trinajstić information content (AvgIpc) is 2.55. The van der Waals surface area contributed by atoms with Crippen LogP contribution in [0.5, 0.6) is 5.75 Å². The predicted octanol–water partition coefficient (Wildman–Crippen LogP) is 1.62. The molecule has 0 saturated carbocycles. The zero-order valence-corrected chi connectivity index (χ0v) is 9.00. The van der Waals surface area contributed by atoms with Gasteiger partial charge < -0.3 is 15.3 Å². The van der Waals surface area contributed by atoms with Crippen LogP contribution in [-0.4, -0.2) is 11.7 Å². The highest BCUT2D eigenvalue weighted by Crippen LogP contribution is 2.31. The summed E-state index contributed by atoms with van der Waals surface area (Å²) in [6.45, 7) is 2.35. The van der Waals surface area contributed by atoms with E-state index in [0.29, 0.717) is 22.4 Å². The summed E-state index contributed by atoms with van der Waals surface area (Å²) in [5, 5.41) is 9.73. The SMILES string of the molecule is CC(CN)c1cc2oc(=O)sc2cc1O. The molecule has 0 aliphatic carbocycles. The summed E-state index contributed by atoms with van der Waals surface area (Å²) in [5.41, 5.74) is 6.75. The van der Waals surface area contributed by atoms with Crippen molar-refractivity contribution in [3.63, 3.8) is 0 Å². The molecule has 15 heavy (non-hydrogen) atoms. The van der Waals surface area contributed by atoms with E-state index in [1.807, 2.05) is 6.92 Å². The summed E-state index contributed by atoms with van der Waals surface area (Å²) in [6, 6.07) is 3.23. The molecule has 0 spiro atoms. The van der Waals surface area contributed by atoms with E-state index in [4.69, 9.17) is 10.2 Å². The first kappa shape index (κ1) is 10.2. The number of nitrogens with two attached hydrogens (primary N) is 1. The lowest BCUT2D eigenvalue weighted by atomic mass is 10.0. The van der Waals surface area contributed by atoms with Gasteiger partial charge >= 0.3 is 4.94 Å². The summed E-state index contributed by atoms with van der Waals surface area (Å²) < 4.78 is 5.63. The third kappa shape index (κ3) is 1.75. The predicted molar refractivity (Wildman–Crippen MR) is 59.5 cm³/mol. The molecule has 4 nitrogen and oxygen atoms in total. The highest BCUT2D eigenvalue weighted by atomic mass is 32.1. The third-order valence-electron chi connectivity index (χ3n) is 2.36. The second-order valence-corrected chi connectivity index (χ2v) is 4.43. The van der Waals surface area contributed by atoms with Crippen LogP contribution in [0.4, 0.5) is 0 Å². The zero-order chi connectivity index (χ0) is 11.0. The van der Waals surface area contributed by atoms with E-state index in [1.165, 1.54) is 0 Å². The molecule has 1 heterocycles. The topological polar surface area (TPSA) is 76.5 Å². The Kier molecular flexibility index (Phi) is 2.50. The average molecular weight is 225 g/mol. The number of aromatic hydroxyl groups is 1. The van der Waals surface area contributed by atoms with E-state index in [2.05, 4.69) is 0 Å². The minimum Gasteiger partial charge on any atom is -0.508 e. The molecule has 1 aromatic heterocycles. The molecular formula is C10H11NO3S. The maximum absolute atomic E-state index is 11.0. The second kappa shape index (κ2) is 3.67. The van der Waals surface area contributed by atoms with Gasteiger partial charge in [0, 0.05) is 11.6 Å². The first-order valence-electron chi connectivity index (χ1n) is 4.58. The minimum atomic E-state index is -0.359. The lowest BCUT2D eigenvalue weighted by molar-refractivity contribution is 0.463. The van der Waals surface area contributed by atoms with Gasteiger partial charge in [0.15, 0.2) is 0 Å². The molecule has 0 aliphatic rings. The first-order valence-corrected chi connectivity index (χ1v) is 5.40. The molecule has 3 N–H and O–H groups in total. The van der Waals surface area contributed by atoms with Crippen LogP contribution in [0.25, 0.3) is 10.3 Å². The van der Waals surface area contributed by atoms with E-state index in [0.717, 1.165) is 11.3 Å². The van der Waals surface area contributed by atoms with Gasteiger partial charge in [0.25, 0.3) is 0 Å². The van der Waals surface area contributed by atoms with Crippen molar-refractivity contribution in [2.75, 3.05) is 6.54 Å². The van der Waals surface area contributed by atoms with Gasteiger partial charge in [0.1, 0.15) is 11.3 Å². The van der Waals surface area contributed by atoms with Crippen LogP contribution < -0.4 is 10.7 Å². The highest BCUT2D eigenvalue weighted by molar-refractivity contribution is 7.16. The number of fused-ring (bicyclic) bond motifs is 1. The van der Waals surface area contributed by atoms with Crippen LogP contribution in [0.1, 0.15) is 18.4 Å². The quantitative estimate of drug-likeness (QED) is 0.814. The molecule has 1 aromatic carbocycles. The Morgan fingerprint density at radius 1 is 1.60 bits per heavy atom. The molecule has 1 unspecified atom stereocenters. The number of phenolic OH excluding ortho intramolecular Hbond substituents is 1. The fraction of sp³-hybridized carbons (Fsp3) is 0.300. The number of benzene rings is 1. The molecule has 0 bridgehead atoms. The van der Waals surface area contributed by atoms with Crippen molar-refractivity contribution in [3.05, 3.63) is 27.4 Å². The van der Waals surface area contributed by atoms with E-state index in [1.54, 1.807) is 12.1 Å². The molecule has 80 valence electrons. The van der Waals surface area contributed by atoms with Crippen LogP contribution >= 0.6 is 11.3 Å². The third-order valence-corrected chi connectivity index (χ3v) is 3.15. The molecule has 0 radical (unpaired) electrons. The van der Waals surface area contributed by atoms with Crippen LogP contribution in [0.15, 0.2) is 21.3 Å². The summed E-state index contributed by atoms with van der Waals surface area (Å²) in [5.74, 6) is 0.206. The van der Waals surface area contributed by atoms with Gasteiger partial charge in [-0.3, -0.25) is 0 Å². The Hall–Kier alpha value is -1.33. The van der Waals surface area contributed by atoms with Crippen molar-refractivity contribution in [2.45, 2.75) is 12.8 Å².